The van der Waals surface area contributed by atoms with Gasteiger partial charge in [-0.3, -0.25) is 4.79 Å². The predicted octanol–water partition coefficient (Wildman–Crippen LogP) is 4.10. The number of fused-ring (bicyclic) bond motifs is 1. The van der Waals surface area contributed by atoms with Gasteiger partial charge in [0.15, 0.2) is 5.65 Å². The van der Waals surface area contributed by atoms with Crippen LogP contribution in [-0.4, -0.2) is 40.9 Å². The maximum absolute atomic E-state index is 13.3. The Kier molecular flexibility index (Phi) is 5.86. The number of ether oxygens (including phenoxy) is 2. The van der Waals surface area contributed by atoms with E-state index in [-0.39, 0.29) is 18.0 Å². The molecule has 8 heteroatoms. The van der Waals surface area contributed by atoms with E-state index in [1.165, 1.54) is 14.2 Å². The molecule has 0 saturated heterocycles. The highest BCUT2D eigenvalue weighted by molar-refractivity contribution is 6.06. The van der Waals surface area contributed by atoms with E-state index in [2.05, 4.69) is 26.1 Å². The van der Waals surface area contributed by atoms with Crippen molar-refractivity contribution in [2.75, 3.05) is 14.2 Å². The monoisotopic (exact) mass is 450 g/mol. The highest BCUT2D eigenvalue weighted by Gasteiger charge is 2.30. The van der Waals surface area contributed by atoms with Gasteiger partial charge in [-0.2, -0.15) is 5.10 Å². The van der Waals surface area contributed by atoms with E-state index in [4.69, 9.17) is 19.6 Å². The summed E-state index contributed by atoms with van der Waals surface area (Å²) in [6, 6.07) is 7.09. The van der Waals surface area contributed by atoms with E-state index < -0.39 is 5.97 Å². The zero-order chi connectivity index (χ0) is 23.9. The molecule has 1 aliphatic rings. The van der Waals surface area contributed by atoms with Gasteiger partial charge in [0.25, 0.3) is 5.91 Å². The summed E-state index contributed by atoms with van der Waals surface area (Å²) in [4.78, 5) is 30.3. The van der Waals surface area contributed by atoms with Crippen LogP contribution in [0.25, 0.3) is 11.0 Å². The largest absolute Gasteiger partial charge is 0.496 e. The van der Waals surface area contributed by atoms with Gasteiger partial charge in [0, 0.05) is 18.2 Å². The SMILES string of the molecule is COC(=O)c1cc(CNC(=O)c2cc(C3CC3)nc3c2c(C)nn3C(C)(C)C)ccc1OC. The van der Waals surface area contributed by atoms with Crippen molar-refractivity contribution < 1.29 is 19.1 Å². The van der Waals surface area contributed by atoms with Crippen LogP contribution in [0, 0.1) is 6.92 Å². The second-order valence-electron chi connectivity index (χ2n) is 9.44. The molecule has 0 atom stereocenters. The standard InChI is InChI=1S/C25H30N4O4/c1-14-21-18(12-19(16-8-9-16)27-22(21)29(28-14)25(2,3)4)23(30)26-13-15-7-10-20(32-5)17(11-15)24(31)33-6/h7,10-12,16H,8-9,13H2,1-6H3,(H,26,30). The van der Waals surface area contributed by atoms with Crippen LogP contribution in [0.2, 0.25) is 0 Å². The number of benzene rings is 1. The molecule has 1 fully saturated rings. The maximum Gasteiger partial charge on any atom is 0.341 e. The van der Waals surface area contributed by atoms with Gasteiger partial charge >= 0.3 is 5.97 Å². The molecule has 0 aliphatic heterocycles. The predicted molar refractivity (Wildman–Crippen MR) is 125 cm³/mol. The minimum atomic E-state index is -0.491. The summed E-state index contributed by atoms with van der Waals surface area (Å²) in [6.07, 6.45) is 2.18. The molecule has 0 unspecified atom stereocenters. The number of carbonyl (C=O) groups excluding carboxylic acids is 2. The van der Waals surface area contributed by atoms with E-state index >= 15 is 0 Å². The van der Waals surface area contributed by atoms with Crippen LogP contribution in [0.4, 0.5) is 0 Å². The number of hydrogen-bond acceptors (Lipinski definition) is 6. The number of aromatic nitrogens is 3. The molecule has 0 bridgehead atoms. The van der Waals surface area contributed by atoms with Crippen LogP contribution in [0.5, 0.6) is 5.75 Å². The Morgan fingerprint density at radius 1 is 1.15 bits per heavy atom. The van der Waals surface area contributed by atoms with Crippen molar-refractivity contribution in [3.63, 3.8) is 0 Å². The molecule has 1 aromatic carbocycles. The number of amides is 1. The third kappa shape index (κ3) is 4.42. The number of rotatable bonds is 6. The molecule has 1 saturated carbocycles. The van der Waals surface area contributed by atoms with Gasteiger partial charge in [-0.05, 0) is 64.3 Å². The minimum absolute atomic E-state index is 0.198. The quantitative estimate of drug-likeness (QED) is 0.568. The van der Waals surface area contributed by atoms with Crippen LogP contribution >= 0.6 is 0 Å². The van der Waals surface area contributed by atoms with Crippen LogP contribution in [0.15, 0.2) is 24.3 Å². The fourth-order valence-corrected chi connectivity index (χ4v) is 3.96. The number of nitrogens with one attached hydrogen (secondary N) is 1. The number of hydrogen-bond donors (Lipinski definition) is 1. The van der Waals surface area contributed by atoms with Gasteiger partial charge in [0.05, 0.1) is 36.4 Å². The molecule has 2 heterocycles. The average Bonchev–Trinajstić information content (AvgIpc) is 3.58. The molecule has 3 aromatic rings. The molecule has 2 aromatic heterocycles. The number of aryl methyl sites for hydroxylation is 1. The third-order valence-corrected chi connectivity index (χ3v) is 5.83. The topological polar surface area (TPSA) is 95.3 Å². The van der Waals surface area contributed by atoms with Crippen molar-refractivity contribution >= 4 is 22.9 Å². The first kappa shape index (κ1) is 22.8. The highest BCUT2D eigenvalue weighted by atomic mass is 16.5. The van der Waals surface area contributed by atoms with Crippen molar-refractivity contribution in [3.8, 4) is 5.75 Å². The molecule has 33 heavy (non-hydrogen) atoms. The molecule has 0 spiro atoms. The number of methoxy groups -OCH3 is 2. The molecule has 8 nitrogen and oxygen atoms in total. The molecule has 1 aliphatic carbocycles. The van der Waals surface area contributed by atoms with E-state index in [9.17, 15) is 9.59 Å². The van der Waals surface area contributed by atoms with Crippen LogP contribution in [0.1, 0.15) is 77.2 Å². The van der Waals surface area contributed by atoms with Crippen LogP contribution < -0.4 is 10.1 Å². The summed E-state index contributed by atoms with van der Waals surface area (Å²) in [6.45, 7) is 8.39. The summed E-state index contributed by atoms with van der Waals surface area (Å²) in [5.74, 6) is 0.132. The van der Waals surface area contributed by atoms with Crippen molar-refractivity contribution in [2.45, 2.75) is 58.5 Å². The third-order valence-electron chi connectivity index (χ3n) is 5.83. The zero-order valence-corrected chi connectivity index (χ0v) is 20.0. The number of esters is 1. The van der Waals surface area contributed by atoms with Crippen LogP contribution in [-0.2, 0) is 16.8 Å². The van der Waals surface area contributed by atoms with Gasteiger partial charge in [0.2, 0.25) is 0 Å². The molecule has 0 radical (unpaired) electrons. The lowest BCUT2D eigenvalue weighted by Crippen LogP contribution is -2.25. The summed E-state index contributed by atoms with van der Waals surface area (Å²) in [7, 11) is 2.82. The summed E-state index contributed by atoms with van der Waals surface area (Å²) in [5.41, 5.74) is 3.86. The number of pyridine rings is 1. The smallest absolute Gasteiger partial charge is 0.341 e. The fourth-order valence-electron chi connectivity index (χ4n) is 3.96. The zero-order valence-electron chi connectivity index (χ0n) is 20.0. The summed E-state index contributed by atoms with van der Waals surface area (Å²) >= 11 is 0. The van der Waals surface area contributed by atoms with E-state index in [0.29, 0.717) is 22.8 Å². The molecule has 1 N–H and O–H groups in total. The molecule has 1 amide bonds. The lowest BCUT2D eigenvalue weighted by Gasteiger charge is -2.20. The van der Waals surface area contributed by atoms with Crippen molar-refractivity contribution in [3.05, 3.63) is 52.3 Å². The highest BCUT2D eigenvalue weighted by Crippen LogP contribution is 2.41. The Morgan fingerprint density at radius 2 is 1.88 bits per heavy atom. The van der Waals surface area contributed by atoms with Gasteiger partial charge in [0.1, 0.15) is 11.3 Å². The fraction of sp³-hybridized carbons (Fsp3) is 0.440. The van der Waals surface area contributed by atoms with Gasteiger partial charge in [-0.1, -0.05) is 6.07 Å². The van der Waals surface area contributed by atoms with E-state index in [1.807, 2.05) is 23.7 Å². The molecular formula is C25H30N4O4. The Hall–Kier alpha value is -3.42. The first-order valence-electron chi connectivity index (χ1n) is 11.1. The second kappa shape index (κ2) is 8.50. The molecule has 4 rings (SSSR count). The average molecular weight is 451 g/mol. The van der Waals surface area contributed by atoms with Gasteiger partial charge < -0.3 is 14.8 Å². The second-order valence-corrected chi connectivity index (χ2v) is 9.44. The Bertz CT molecular complexity index is 1240. The first-order chi connectivity index (χ1) is 15.6. The van der Waals surface area contributed by atoms with Crippen molar-refractivity contribution in [1.29, 1.82) is 0 Å². The number of carbonyl (C=O) groups is 2. The summed E-state index contributed by atoms with van der Waals surface area (Å²) < 4.78 is 12.0. The maximum atomic E-state index is 13.3. The van der Waals surface area contributed by atoms with E-state index in [1.54, 1.807) is 12.1 Å². The van der Waals surface area contributed by atoms with E-state index in [0.717, 1.165) is 40.8 Å². The number of nitrogens with zero attached hydrogens (tertiary/aromatic N) is 3. The van der Waals surface area contributed by atoms with Gasteiger partial charge in [-0.15, -0.1) is 0 Å². The van der Waals surface area contributed by atoms with Crippen molar-refractivity contribution in [1.82, 2.24) is 20.1 Å². The molecular weight excluding hydrogens is 420 g/mol. The normalized spacial score (nSPS) is 13.8. The minimum Gasteiger partial charge on any atom is -0.496 e. The first-order valence-corrected chi connectivity index (χ1v) is 11.1. The van der Waals surface area contributed by atoms with Gasteiger partial charge in [-0.25, -0.2) is 14.5 Å². The summed E-state index contributed by atoms with van der Waals surface area (Å²) in [5, 5.41) is 8.48. The Balaban J connectivity index is 1.68. The van der Waals surface area contributed by atoms with Crippen LogP contribution in [0.3, 0.4) is 0 Å². The Morgan fingerprint density at radius 3 is 2.48 bits per heavy atom. The lowest BCUT2D eigenvalue weighted by molar-refractivity contribution is 0.0597. The Labute approximate surface area is 193 Å². The van der Waals surface area contributed by atoms with Crippen molar-refractivity contribution in [2.24, 2.45) is 0 Å². The molecule has 174 valence electrons. The lowest BCUT2D eigenvalue weighted by atomic mass is 10.1.